The molecule has 7 heteroatoms. The number of hydrogen-bond acceptors (Lipinski definition) is 6. The summed E-state index contributed by atoms with van der Waals surface area (Å²) in [6, 6.07) is 7.81. The summed E-state index contributed by atoms with van der Waals surface area (Å²) in [5.41, 5.74) is 3.08. The SMILES string of the molecule is C=C(C)CSc1nc2c(=O)c3c(sc2n1-c1ccc(OC)cc1)COC(C)(C)C3. The number of aromatic nitrogens is 2. The zero-order valence-electron chi connectivity index (χ0n) is 17.1. The molecular formula is C22H24N2O3S2. The van der Waals surface area contributed by atoms with Gasteiger partial charge in [-0.1, -0.05) is 23.9 Å². The van der Waals surface area contributed by atoms with E-state index in [1.807, 2.05) is 45.0 Å². The van der Waals surface area contributed by atoms with Crippen molar-refractivity contribution in [2.24, 2.45) is 0 Å². The summed E-state index contributed by atoms with van der Waals surface area (Å²) in [5.74, 6) is 1.53. The van der Waals surface area contributed by atoms with Crippen LogP contribution in [-0.4, -0.2) is 28.0 Å². The zero-order valence-corrected chi connectivity index (χ0v) is 18.7. The van der Waals surface area contributed by atoms with Crippen molar-refractivity contribution in [1.82, 2.24) is 9.55 Å². The van der Waals surface area contributed by atoms with Gasteiger partial charge >= 0.3 is 0 Å². The Morgan fingerprint density at radius 3 is 2.76 bits per heavy atom. The summed E-state index contributed by atoms with van der Waals surface area (Å²) in [6.45, 7) is 10.5. The first-order valence-corrected chi connectivity index (χ1v) is 11.2. The molecule has 2 aromatic heterocycles. The standard InChI is InChI=1S/C22H24N2O3S2/c1-13(2)12-28-21-23-18-19(25)16-10-22(3,4)27-11-17(16)29-20(18)24(21)14-6-8-15(26-5)9-7-14/h6-9H,1,10-12H2,2-5H3. The Morgan fingerprint density at radius 2 is 2.10 bits per heavy atom. The lowest BCUT2D eigenvalue weighted by Crippen LogP contribution is -2.34. The summed E-state index contributed by atoms with van der Waals surface area (Å²) in [4.78, 5) is 19.9. The molecule has 3 aromatic rings. The number of ether oxygens (including phenoxy) is 2. The van der Waals surface area contributed by atoms with Crippen LogP contribution in [0.15, 0.2) is 46.4 Å². The summed E-state index contributed by atoms with van der Waals surface area (Å²) < 4.78 is 13.3. The van der Waals surface area contributed by atoms with Crippen LogP contribution in [0.5, 0.6) is 5.75 Å². The highest BCUT2D eigenvalue weighted by Gasteiger charge is 2.31. The average molecular weight is 429 g/mol. The highest BCUT2D eigenvalue weighted by Crippen LogP contribution is 2.35. The number of imidazole rings is 1. The van der Waals surface area contributed by atoms with Gasteiger partial charge in [0.1, 0.15) is 16.1 Å². The molecule has 1 aliphatic rings. The van der Waals surface area contributed by atoms with Crippen molar-refractivity contribution in [3.63, 3.8) is 0 Å². The zero-order chi connectivity index (χ0) is 20.8. The predicted octanol–water partition coefficient (Wildman–Crippen LogP) is 4.98. The van der Waals surface area contributed by atoms with E-state index in [1.165, 1.54) is 0 Å². The van der Waals surface area contributed by atoms with Crippen LogP contribution in [0.4, 0.5) is 0 Å². The van der Waals surface area contributed by atoms with E-state index >= 15 is 0 Å². The predicted molar refractivity (Wildman–Crippen MR) is 120 cm³/mol. The molecule has 0 saturated heterocycles. The van der Waals surface area contributed by atoms with Gasteiger partial charge in [0.2, 0.25) is 5.43 Å². The van der Waals surface area contributed by atoms with E-state index in [0.29, 0.717) is 18.5 Å². The highest BCUT2D eigenvalue weighted by atomic mass is 32.2. The van der Waals surface area contributed by atoms with Gasteiger partial charge in [0.05, 0.1) is 19.3 Å². The van der Waals surface area contributed by atoms with E-state index in [1.54, 1.807) is 30.2 Å². The molecule has 0 atom stereocenters. The van der Waals surface area contributed by atoms with E-state index in [0.717, 1.165) is 43.2 Å². The number of hydrogen-bond donors (Lipinski definition) is 0. The van der Waals surface area contributed by atoms with Crippen LogP contribution in [0.3, 0.4) is 0 Å². The molecule has 4 rings (SSSR count). The van der Waals surface area contributed by atoms with Crippen molar-refractivity contribution in [2.45, 2.75) is 44.6 Å². The fraction of sp³-hybridized carbons (Fsp3) is 0.364. The Morgan fingerprint density at radius 1 is 1.38 bits per heavy atom. The maximum atomic E-state index is 13.3. The Balaban J connectivity index is 1.93. The largest absolute Gasteiger partial charge is 0.497 e. The summed E-state index contributed by atoms with van der Waals surface area (Å²) in [6.07, 6.45) is 0.608. The first-order valence-electron chi connectivity index (χ1n) is 9.42. The van der Waals surface area contributed by atoms with Crippen LogP contribution < -0.4 is 10.2 Å². The van der Waals surface area contributed by atoms with Crippen molar-refractivity contribution >= 4 is 33.4 Å². The molecule has 5 nitrogen and oxygen atoms in total. The molecule has 152 valence electrons. The third-order valence-corrected chi connectivity index (χ3v) is 7.17. The molecule has 0 aliphatic carbocycles. The molecule has 0 bridgehead atoms. The first kappa shape index (κ1) is 20.2. The summed E-state index contributed by atoms with van der Waals surface area (Å²) >= 11 is 3.19. The van der Waals surface area contributed by atoms with E-state index in [-0.39, 0.29) is 11.0 Å². The Kier molecular flexibility index (Phi) is 5.31. The van der Waals surface area contributed by atoms with Gasteiger partial charge in [0.15, 0.2) is 5.16 Å². The van der Waals surface area contributed by atoms with Gasteiger partial charge in [-0.15, -0.1) is 11.3 Å². The maximum Gasteiger partial charge on any atom is 0.211 e. The number of benzene rings is 1. The van der Waals surface area contributed by atoms with E-state index in [9.17, 15) is 4.79 Å². The lowest BCUT2D eigenvalue weighted by atomic mass is 9.95. The first-order chi connectivity index (χ1) is 13.8. The average Bonchev–Trinajstić information content (AvgIpc) is 3.05. The number of methoxy groups -OCH3 is 1. The monoisotopic (exact) mass is 428 g/mol. The third kappa shape index (κ3) is 3.86. The van der Waals surface area contributed by atoms with Gasteiger partial charge in [-0.3, -0.25) is 9.36 Å². The van der Waals surface area contributed by atoms with Crippen molar-refractivity contribution in [1.29, 1.82) is 0 Å². The van der Waals surface area contributed by atoms with Crippen LogP contribution >= 0.6 is 23.1 Å². The van der Waals surface area contributed by atoms with Crippen molar-refractivity contribution < 1.29 is 9.47 Å². The lowest BCUT2D eigenvalue weighted by Gasteiger charge is -2.30. The minimum Gasteiger partial charge on any atom is -0.497 e. The van der Waals surface area contributed by atoms with Gasteiger partial charge in [-0.25, -0.2) is 4.98 Å². The molecule has 1 aliphatic heterocycles. The molecule has 1 aromatic carbocycles. The normalized spacial score (nSPS) is 15.3. The van der Waals surface area contributed by atoms with Gasteiger partial charge in [-0.05, 0) is 45.0 Å². The number of nitrogens with zero attached hydrogens (tertiary/aromatic N) is 2. The Hall–Kier alpha value is -2.09. The number of fused-ring (bicyclic) bond motifs is 2. The van der Waals surface area contributed by atoms with E-state index in [4.69, 9.17) is 14.5 Å². The van der Waals surface area contributed by atoms with Crippen LogP contribution in [0.2, 0.25) is 0 Å². The molecule has 0 unspecified atom stereocenters. The van der Waals surface area contributed by atoms with Gasteiger partial charge in [0.25, 0.3) is 0 Å². The van der Waals surface area contributed by atoms with Crippen LogP contribution in [0, 0.1) is 0 Å². The fourth-order valence-electron chi connectivity index (χ4n) is 3.35. The molecular weight excluding hydrogens is 404 g/mol. The molecule has 3 heterocycles. The Bertz CT molecular complexity index is 1140. The molecule has 0 spiro atoms. The maximum absolute atomic E-state index is 13.3. The lowest BCUT2D eigenvalue weighted by molar-refractivity contribution is -0.0386. The number of thioether (sulfide) groups is 1. The quantitative estimate of drug-likeness (QED) is 0.424. The van der Waals surface area contributed by atoms with E-state index < -0.39 is 0 Å². The summed E-state index contributed by atoms with van der Waals surface area (Å²) in [5, 5.41) is 0.795. The third-order valence-electron chi connectivity index (χ3n) is 4.82. The van der Waals surface area contributed by atoms with Crippen molar-refractivity contribution in [3.8, 4) is 11.4 Å². The van der Waals surface area contributed by atoms with E-state index in [2.05, 4.69) is 11.1 Å². The Labute approximate surface area is 178 Å². The second-order valence-electron chi connectivity index (χ2n) is 7.89. The van der Waals surface area contributed by atoms with Crippen LogP contribution in [0.1, 0.15) is 31.2 Å². The summed E-state index contributed by atoms with van der Waals surface area (Å²) in [7, 11) is 1.65. The second-order valence-corrected chi connectivity index (χ2v) is 9.91. The van der Waals surface area contributed by atoms with Crippen LogP contribution in [-0.2, 0) is 17.8 Å². The van der Waals surface area contributed by atoms with Crippen LogP contribution in [0.25, 0.3) is 16.0 Å². The molecule has 0 radical (unpaired) electrons. The minimum absolute atomic E-state index is 0.0227. The van der Waals surface area contributed by atoms with Crippen molar-refractivity contribution in [3.05, 3.63) is 57.1 Å². The van der Waals surface area contributed by atoms with Crippen molar-refractivity contribution in [2.75, 3.05) is 12.9 Å². The van der Waals surface area contributed by atoms with Gasteiger partial charge < -0.3 is 9.47 Å². The van der Waals surface area contributed by atoms with Gasteiger partial charge in [0, 0.05) is 28.3 Å². The molecule has 0 amide bonds. The fourth-order valence-corrected chi connectivity index (χ4v) is 5.43. The second kappa shape index (κ2) is 7.63. The smallest absolute Gasteiger partial charge is 0.211 e. The minimum atomic E-state index is -0.331. The molecule has 29 heavy (non-hydrogen) atoms. The number of rotatable bonds is 5. The molecule has 0 N–H and O–H groups in total. The molecule has 0 fully saturated rings. The van der Waals surface area contributed by atoms with Gasteiger partial charge in [-0.2, -0.15) is 0 Å². The highest BCUT2D eigenvalue weighted by molar-refractivity contribution is 7.99. The molecule has 0 saturated carbocycles. The topological polar surface area (TPSA) is 53.4 Å².